The van der Waals surface area contributed by atoms with Crippen molar-refractivity contribution in [1.82, 2.24) is 29.7 Å². The molecule has 1 aliphatic heterocycles. The standard InChI is InChI=1S/C36H53N9O8S/c1-3-4-5-10-39-33-32-27(41-36(38)42-33)8-12-45(32)22-25-7-6-24(19-28(25)52-2)21-43-13-15-44(16-14-43)30(46)9-17-53-18-11-40-34(49)29(20-31(47)48)54-23-26(37)35(50)51/h6-8,12,19,26,29H,3-5,9-11,13-18,20-23,37H2,1-2H3,(H,40,49)(H,47,48)(H,50,51)(H3,38,39,41,42)/t26-,29?/m0/s1. The van der Waals surface area contributed by atoms with E-state index in [9.17, 15) is 19.2 Å². The van der Waals surface area contributed by atoms with Crippen LogP contribution in [0.5, 0.6) is 5.75 Å². The number of hydrogen-bond donors (Lipinski definition) is 6. The number of nitrogens with two attached hydrogens (primary N) is 2. The lowest BCUT2D eigenvalue weighted by Gasteiger charge is -2.35. The van der Waals surface area contributed by atoms with Crippen LogP contribution in [0.25, 0.3) is 11.0 Å². The predicted octanol–water partition coefficient (Wildman–Crippen LogP) is 1.83. The minimum atomic E-state index is -1.23. The van der Waals surface area contributed by atoms with Gasteiger partial charge in [0.25, 0.3) is 0 Å². The fourth-order valence-corrected chi connectivity index (χ4v) is 7.11. The number of anilines is 2. The van der Waals surface area contributed by atoms with E-state index in [0.717, 1.165) is 90.9 Å². The molecule has 1 aliphatic rings. The van der Waals surface area contributed by atoms with Gasteiger partial charge in [-0.3, -0.25) is 24.1 Å². The molecule has 54 heavy (non-hydrogen) atoms. The van der Waals surface area contributed by atoms with E-state index in [2.05, 4.69) is 55.2 Å². The number of methoxy groups -OCH3 is 1. The van der Waals surface area contributed by atoms with Gasteiger partial charge in [0.1, 0.15) is 17.3 Å². The number of aliphatic carboxylic acids is 2. The Kier molecular flexibility index (Phi) is 16.6. The maximum absolute atomic E-state index is 12.8. The summed E-state index contributed by atoms with van der Waals surface area (Å²) < 4.78 is 13.5. The van der Waals surface area contributed by atoms with Crippen LogP contribution in [-0.2, 0) is 37.0 Å². The van der Waals surface area contributed by atoms with Crippen molar-refractivity contribution in [3.05, 3.63) is 41.6 Å². The Balaban J connectivity index is 1.19. The highest BCUT2D eigenvalue weighted by atomic mass is 32.2. The number of fused-ring (bicyclic) bond motifs is 1. The number of piperazine rings is 1. The quantitative estimate of drug-likeness (QED) is 0.0754. The van der Waals surface area contributed by atoms with Gasteiger partial charge in [0.15, 0.2) is 5.82 Å². The second-order valence-electron chi connectivity index (χ2n) is 13.1. The van der Waals surface area contributed by atoms with E-state index in [1.54, 1.807) is 7.11 Å². The molecule has 0 bridgehead atoms. The molecular formula is C36H53N9O8S. The molecule has 4 rings (SSSR count). The molecule has 2 atom stereocenters. The molecule has 2 amide bonds. The van der Waals surface area contributed by atoms with Crippen molar-refractivity contribution in [2.24, 2.45) is 5.73 Å². The number of carboxylic acids is 2. The average molecular weight is 772 g/mol. The van der Waals surface area contributed by atoms with Gasteiger partial charge < -0.3 is 51.3 Å². The van der Waals surface area contributed by atoms with Crippen LogP contribution in [0, 0.1) is 0 Å². The number of carbonyl (C=O) groups excluding carboxylic acids is 2. The molecule has 3 heterocycles. The van der Waals surface area contributed by atoms with Crippen molar-refractivity contribution in [3.63, 3.8) is 0 Å². The lowest BCUT2D eigenvalue weighted by atomic mass is 10.1. The van der Waals surface area contributed by atoms with Crippen molar-refractivity contribution >= 4 is 58.3 Å². The molecule has 3 aromatic rings. The highest BCUT2D eigenvalue weighted by Crippen LogP contribution is 2.28. The summed E-state index contributed by atoms with van der Waals surface area (Å²) in [7, 11) is 1.67. The molecule has 1 fully saturated rings. The number of ether oxygens (including phenoxy) is 2. The number of benzene rings is 1. The molecular weight excluding hydrogens is 719 g/mol. The Hall–Kier alpha value is -4.65. The summed E-state index contributed by atoms with van der Waals surface area (Å²) in [6.45, 7) is 7.34. The fourth-order valence-electron chi connectivity index (χ4n) is 6.03. The number of carboxylic acid groups (broad SMARTS) is 2. The number of rotatable bonds is 23. The normalized spacial score (nSPS) is 14.5. The first-order valence-electron chi connectivity index (χ1n) is 18.2. The van der Waals surface area contributed by atoms with E-state index in [0.29, 0.717) is 19.6 Å². The van der Waals surface area contributed by atoms with E-state index >= 15 is 0 Å². The van der Waals surface area contributed by atoms with Gasteiger partial charge in [-0.1, -0.05) is 31.9 Å². The first-order valence-corrected chi connectivity index (χ1v) is 19.2. The largest absolute Gasteiger partial charge is 0.496 e. The monoisotopic (exact) mass is 771 g/mol. The first-order chi connectivity index (χ1) is 26.0. The average Bonchev–Trinajstić information content (AvgIpc) is 3.55. The van der Waals surface area contributed by atoms with E-state index in [1.807, 2.05) is 17.2 Å². The van der Waals surface area contributed by atoms with Crippen molar-refractivity contribution in [3.8, 4) is 5.75 Å². The third kappa shape index (κ3) is 12.7. The van der Waals surface area contributed by atoms with Gasteiger partial charge in [-0.25, -0.2) is 4.98 Å². The molecule has 1 saturated heterocycles. The number of nitrogens with one attached hydrogen (secondary N) is 2. The smallest absolute Gasteiger partial charge is 0.321 e. The first kappa shape index (κ1) is 42.1. The van der Waals surface area contributed by atoms with Crippen molar-refractivity contribution in [1.29, 1.82) is 0 Å². The number of hydrogen-bond acceptors (Lipinski definition) is 13. The molecule has 2 aromatic heterocycles. The van der Waals surface area contributed by atoms with Gasteiger partial charge in [-0.05, 0) is 24.1 Å². The molecule has 296 valence electrons. The Morgan fingerprint density at radius 1 is 1.02 bits per heavy atom. The zero-order chi connectivity index (χ0) is 39.0. The van der Waals surface area contributed by atoms with Gasteiger partial charge in [0, 0.05) is 63.3 Å². The third-order valence-corrected chi connectivity index (χ3v) is 10.3. The SMILES string of the molecule is CCCCCNc1nc(N)nc2ccn(Cc3ccc(CN4CCN(C(=O)CCOCCNC(=O)C(CC(=O)O)SC[C@H](N)C(=O)O)CC4)cc3OC)c12. The van der Waals surface area contributed by atoms with E-state index < -0.39 is 35.6 Å². The summed E-state index contributed by atoms with van der Waals surface area (Å²) in [6.07, 6.45) is 5.03. The van der Waals surface area contributed by atoms with Crippen LogP contribution in [0.4, 0.5) is 11.8 Å². The van der Waals surface area contributed by atoms with Crippen molar-refractivity contribution < 1.29 is 38.9 Å². The summed E-state index contributed by atoms with van der Waals surface area (Å²) in [4.78, 5) is 60.4. The Bertz CT molecular complexity index is 1720. The Morgan fingerprint density at radius 2 is 1.80 bits per heavy atom. The zero-order valence-electron chi connectivity index (χ0n) is 31.0. The minimum absolute atomic E-state index is 0.0117. The summed E-state index contributed by atoms with van der Waals surface area (Å²) in [5.74, 6) is -1.32. The summed E-state index contributed by atoms with van der Waals surface area (Å²) in [5, 5.41) is 23.1. The van der Waals surface area contributed by atoms with Gasteiger partial charge in [0.2, 0.25) is 17.8 Å². The van der Waals surface area contributed by atoms with Crippen LogP contribution in [0.1, 0.15) is 50.2 Å². The van der Waals surface area contributed by atoms with Crippen molar-refractivity contribution in [2.75, 3.05) is 76.4 Å². The minimum Gasteiger partial charge on any atom is -0.496 e. The lowest BCUT2D eigenvalue weighted by Crippen LogP contribution is -2.48. The maximum atomic E-state index is 12.8. The van der Waals surface area contributed by atoms with Crippen LogP contribution in [0.3, 0.4) is 0 Å². The van der Waals surface area contributed by atoms with E-state index in [4.69, 9.17) is 31.2 Å². The summed E-state index contributed by atoms with van der Waals surface area (Å²) in [5.41, 5.74) is 15.3. The number of unbranched alkanes of at least 4 members (excludes halogenated alkanes) is 2. The zero-order valence-corrected chi connectivity index (χ0v) is 31.8. The summed E-state index contributed by atoms with van der Waals surface area (Å²) in [6, 6.07) is 7.00. The Morgan fingerprint density at radius 3 is 2.50 bits per heavy atom. The summed E-state index contributed by atoms with van der Waals surface area (Å²) >= 11 is 0.881. The van der Waals surface area contributed by atoms with E-state index in [1.165, 1.54) is 0 Å². The third-order valence-electron chi connectivity index (χ3n) is 8.98. The van der Waals surface area contributed by atoms with Gasteiger partial charge in [0.05, 0.1) is 50.5 Å². The van der Waals surface area contributed by atoms with Crippen LogP contribution in [0.2, 0.25) is 0 Å². The fraction of sp³-hybridized carbons (Fsp3) is 0.556. The second-order valence-corrected chi connectivity index (χ2v) is 14.3. The molecule has 0 radical (unpaired) electrons. The van der Waals surface area contributed by atoms with E-state index in [-0.39, 0.29) is 43.8 Å². The number of aromatic nitrogens is 3. The van der Waals surface area contributed by atoms with Crippen LogP contribution in [0.15, 0.2) is 30.5 Å². The maximum Gasteiger partial charge on any atom is 0.321 e. The number of nitrogen functional groups attached to an aromatic ring is 1. The Labute approximate surface area is 319 Å². The molecule has 0 spiro atoms. The molecule has 18 heteroatoms. The van der Waals surface area contributed by atoms with Gasteiger partial charge >= 0.3 is 11.9 Å². The number of nitrogens with zero attached hydrogens (tertiary/aromatic N) is 5. The topological polar surface area (TPSA) is 240 Å². The highest BCUT2D eigenvalue weighted by Gasteiger charge is 2.25. The van der Waals surface area contributed by atoms with Gasteiger partial charge in [-0.2, -0.15) is 4.98 Å². The molecule has 0 aliphatic carbocycles. The van der Waals surface area contributed by atoms with Crippen LogP contribution >= 0.6 is 11.8 Å². The van der Waals surface area contributed by atoms with Crippen LogP contribution in [-0.4, -0.2) is 135 Å². The molecule has 1 aromatic carbocycles. The number of carbonyl (C=O) groups is 4. The van der Waals surface area contributed by atoms with Gasteiger partial charge in [-0.15, -0.1) is 11.8 Å². The second kappa shape index (κ2) is 21.3. The molecule has 0 saturated carbocycles. The molecule has 1 unspecified atom stereocenters. The number of amides is 2. The number of thioether (sulfide) groups is 1. The predicted molar refractivity (Wildman–Crippen MR) is 206 cm³/mol. The lowest BCUT2D eigenvalue weighted by molar-refractivity contribution is -0.138. The highest BCUT2D eigenvalue weighted by molar-refractivity contribution is 8.00. The van der Waals surface area contributed by atoms with Crippen LogP contribution < -0.4 is 26.8 Å². The molecule has 17 nitrogen and oxygen atoms in total. The molecule has 8 N–H and O–H groups in total. The van der Waals surface area contributed by atoms with Crippen molar-refractivity contribution in [2.45, 2.75) is 63.4 Å².